The van der Waals surface area contributed by atoms with Gasteiger partial charge in [-0.1, -0.05) is 12.8 Å². The van der Waals surface area contributed by atoms with Crippen molar-refractivity contribution < 1.29 is 4.74 Å². The lowest BCUT2D eigenvalue weighted by atomic mass is 10.1. The molecule has 0 saturated heterocycles. The largest absolute Gasteiger partial charge is 0.477 e. The third-order valence-corrected chi connectivity index (χ3v) is 2.78. The quantitative estimate of drug-likeness (QED) is 0.821. The van der Waals surface area contributed by atoms with E-state index in [0.29, 0.717) is 24.2 Å². The zero-order valence-corrected chi connectivity index (χ0v) is 8.95. The zero-order valence-electron chi connectivity index (χ0n) is 8.95. The molecule has 1 aromatic rings. The minimum Gasteiger partial charge on any atom is -0.477 e. The van der Waals surface area contributed by atoms with Crippen LogP contribution in [0.1, 0.15) is 31.5 Å². The second kappa shape index (κ2) is 4.47. The van der Waals surface area contributed by atoms with Crippen molar-refractivity contribution in [2.45, 2.75) is 32.6 Å². The Balaban J connectivity index is 1.95. The third-order valence-electron chi connectivity index (χ3n) is 2.78. The van der Waals surface area contributed by atoms with Gasteiger partial charge in [0.05, 0.1) is 12.7 Å². The first-order valence-corrected chi connectivity index (χ1v) is 5.45. The van der Waals surface area contributed by atoms with Gasteiger partial charge in [0.15, 0.2) is 0 Å². The summed E-state index contributed by atoms with van der Waals surface area (Å²) in [5.41, 5.74) is -0.149. The maximum atomic E-state index is 11.1. The molecule has 0 aromatic carbocycles. The summed E-state index contributed by atoms with van der Waals surface area (Å²) in [6.45, 7) is 2.44. The van der Waals surface area contributed by atoms with Crippen LogP contribution in [0.3, 0.4) is 0 Å². The molecule has 15 heavy (non-hydrogen) atoms. The van der Waals surface area contributed by atoms with Crippen LogP contribution in [0.5, 0.6) is 5.88 Å². The molecule has 0 spiro atoms. The van der Waals surface area contributed by atoms with Gasteiger partial charge in [-0.3, -0.25) is 4.79 Å². The highest BCUT2D eigenvalue weighted by molar-refractivity contribution is 5.08. The van der Waals surface area contributed by atoms with Gasteiger partial charge >= 0.3 is 0 Å². The first-order chi connectivity index (χ1) is 7.24. The van der Waals surface area contributed by atoms with Gasteiger partial charge in [0.2, 0.25) is 5.88 Å². The molecule has 1 aliphatic rings. The fraction of sp³-hybridized carbons (Fsp3) is 0.636. The standard InChI is InChI=1S/C11H16N2O2/c1-8-12-10(14)6-11(13-8)15-7-9-4-2-3-5-9/h6,9H,2-5,7H2,1H3,(H,12,13,14). The molecular weight excluding hydrogens is 192 g/mol. The van der Waals surface area contributed by atoms with E-state index in [-0.39, 0.29) is 5.56 Å². The summed E-state index contributed by atoms with van der Waals surface area (Å²) < 4.78 is 5.52. The monoisotopic (exact) mass is 208 g/mol. The highest BCUT2D eigenvalue weighted by Crippen LogP contribution is 2.24. The summed E-state index contributed by atoms with van der Waals surface area (Å²) in [5.74, 6) is 1.69. The molecule has 1 saturated carbocycles. The summed E-state index contributed by atoms with van der Waals surface area (Å²) in [7, 11) is 0. The lowest BCUT2D eigenvalue weighted by molar-refractivity contribution is 0.242. The highest BCUT2D eigenvalue weighted by Gasteiger charge is 2.15. The number of hydrogen-bond acceptors (Lipinski definition) is 3. The van der Waals surface area contributed by atoms with Crippen molar-refractivity contribution in [3.05, 3.63) is 22.2 Å². The molecule has 0 radical (unpaired) electrons. The maximum absolute atomic E-state index is 11.1. The van der Waals surface area contributed by atoms with E-state index in [1.807, 2.05) is 0 Å². The third kappa shape index (κ3) is 2.81. The van der Waals surface area contributed by atoms with Crippen LogP contribution >= 0.6 is 0 Å². The summed E-state index contributed by atoms with van der Waals surface area (Å²) in [6, 6.07) is 1.40. The van der Waals surface area contributed by atoms with Gasteiger partial charge in [-0.15, -0.1) is 0 Å². The van der Waals surface area contributed by atoms with Crippen LogP contribution in [-0.4, -0.2) is 16.6 Å². The van der Waals surface area contributed by atoms with Gasteiger partial charge in [-0.2, -0.15) is 0 Å². The molecule has 82 valence electrons. The molecule has 0 bridgehead atoms. The van der Waals surface area contributed by atoms with E-state index >= 15 is 0 Å². The van der Waals surface area contributed by atoms with E-state index in [1.165, 1.54) is 31.7 Å². The molecule has 1 fully saturated rings. The molecule has 1 aliphatic carbocycles. The molecule has 4 heteroatoms. The lowest BCUT2D eigenvalue weighted by Crippen LogP contribution is -2.13. The van der Waals surface area contributed by atoms with Crippen molar-refractivity contribution in [2.24, 2.45) is 5.92 Å². The Labute approximate surface area is 88.7 Å². The predicted octanol–water partition coefficient (Wildman–Crippen LogP) is 1.65. The molecule has 2 rings (SSSR count). The van der Waals surface area contributed by atoms with Crippen molar-refractivity contribution in [3.8, 4) is 5.88 Å². The van der Waals surface area contributed by atoms with Crippen LogP contribution in [0.4, 0.5) is 0 Å². The molecule has 0 atom stereocenters. The number of ether oxygens (including phenoxy) is 1. The number of rotatable bonds is 3. The molecule has 1 aromatic heterocycles. The van der Waals surface area contributed by atoms with Crippen LogP contribution in [0.15, 0.2) is 10.9 Å². The normalized spacial score (nSPS) is 16.9. The van der Waals surface area contributed by atoms with Crippen LogP contribution in [-0.2, 0) is 0 Å². The van der Waals surface area contributed by atoms with Crippen LogP contribution in [0, 0.1) is 12.8 Å². The average Bonchev–Trinajstić information content (AvgIpc) is 2.65. The fourth-order valence-electron chi connectivity index (χ4n) is 2.01. The number of aromatic amines is 1. The maximum Gasteiger partial charge on any atom is 0.254 e. The molecule has 0 amide bonds. The van der Waals surface area contributed by atoms with Crippen molar-refractivity contribution in [1.29, 1.82) is 0 Å². The number of aromatic nitrogens is 2. The molecule has 0 unspecified atom stereocenters. The number of H-pyrrole nitrogens is 1. The van der Waals surface area contributed by atoms with Crippen molar-refractivity contribution in [3.63, 3.8) is 0 Å². The fourth-order valence-corrected chi connectivity index (χ4v) is 2.01. The van der Waals surface area contributed by atoms with Gasteiger partial charge in [0.25, 0.3) is 5.56 Å². The van der Waals surface area contributed by atoms with E-state index in [4.69, 9.17) is 4.74 Å². The Morgan fingerprint density at radius 1 is 1.53 bits per heavy atom. The van der Waals surface area contributed by atoms with Gasteiger partial charge in [0.1, 0.15) is 5.82 Å². The second-order valence-corrected chi connectivity index (χ2v) is 4.13. The van der Waals surface area contributed by atoms with Crippen molar-refractivity contribution >= 4 is 0 Å². The minimum absolute atomic E-state index is 0.149. The molecule has 4 nitrogen and oxygen atoms in total. The van der Waals surface area contributed by atoms with Gasteiger partial charge in [-0.05, 0) is 25.7 Å². The van der Waals surface area contributed by atoms with Crippen LogP contribution < -0.4 is 10.3 Å². The van der Waals surface area contributed by atoms with E-state index < -0.39 is 0 Å². The van der Waals surface area contributed by atoms with E-state index in [1.54, 1.807) is 6.92 Å². The lowest BCUT2D eigenvalue weighted by Gasteiger charge is -2.10. The number of nitrogens with one attached hydrogen (secondary N) is 1. The second-order valence-electron chi connectivity index (χ2n) is 4.13. The Bertz CT molecular complexity index is 380. The van der Waals surface area contributed by atoms with Crippen LogP contribution in [0.25, 0.3) is 0 Å². The predicted molar refractivity (Wildman–Crippen MR) is 57.0 cm³/mol. The highest BCUT2D eigenvalue weighted by atomic mass is 16.5. The Kier molecular flexibility index (Phi) is 3.04. The van der Waals surface area contributed by atoms with Crippen molar-refractivity contribution in [2.75, 3.05) is 6.61 Å². The molecule has 1 heterocycles. The average molecular weight is 208 g/mol. The SMILES string of the molecule is Cc1nc(OCC2CCCC2)cc(=O)[nH]1. The smallest absolute Gasteiger partial charge is 0.254 e. The summed E-state index contributed by atoms with van der Waals surface area (Å²) in [4.78, 5) is 17.8. The summed E-state index contributed by atoms with van der Waals surface area (Å²) in [6.07, 6.45) is 5.08. The number of hydrogen-bond donors (Lipinski definition) is 1. The number of aryl methyl sites for hydroxylation is 1. The number of nitrogens with zero attached hydrogens (tertiary/aromatic N) is 1. The van der Waals surface area contributed by atoms with Gasteiger partial charge in [-0.25, -0.2) is 4.98 Å². The van der Waals surface area contributed by atoms with Gasteiger partial charge in [0, 0.05) is 0 Å². The Morgan fingerprint density at radius 3 is 2.93 bits per heavy atom. The first kappa shape index (κ1) is 10.2. The first-order valence-electron chi connectivity index (χ1n) is 5.45. The minimum atomic E-state index is -0.149. The zero-order chi connectivity index (χ0) is 10.7. The van der Waals surface area contributed by atoms with E-state index in [9.17, 15) is 4.79 Å². The van der Waals surface area contributed by atoms with E-state index in [2.05, 4.69) is 9.97 Å². The molecule has 0 aliphatic heterocycles. The molecular formula is C11H16N2O2. The Hall–Kier alpha value is -1.32. The van der Waals surface area contributed by atoms with E-state index in [0.717, 1.165) is 0 Å². The Morgan fingerprint density at radius 2 is 2.27 bits per heavy atom. The van der Waals surface area contributed by atoms with Gasteiger partial charge < -0.3 is 9.72 Å². The van der Waals surface area contributed by atoms with Crippen LogP contribution in [0.2, 0.25) is 0 Å². The van der Waals surface area contributed by atoms with Crippen molar-refractivity contribution in [1.82, 2.24) is 9.97 Å². The summed E-state index contributed by atoms with van der Waals surface area (Å²) in [5, 5.41) is 0. The topological polar surface area (TPSA) is 55.0 Å². The molecule has 1 N–H and O–H groups in total. The summed E-state index contributed by atoms with van der Waals surface area (Å²) >= 11 is 0.